The fraction of sp³-hybridized carbons (Fsp3) is 0.235. The SMILES string of the molecule is O=CN(c1nc2cccc(-c3ccc(CO)cc3)n2n1)C1CC1. The first-order chi connectivity index (χ1) is 11.3. The molecule has 0 atom stereocenters. The number of nitrogens with zero attached hydrogens (tertiary/aromatic N) is 4. The molecule has 6 heteroatoms. The molecule has 0 bridgehead atoms. The molecule has 1 saturated carbocycles. The van der Waals surface area contributed by atoms with Crippen molar-refractivity contribution in [2.75, 3.05) is 4.90 Å². The Kier molecular flexibility index (Phi) is 3.31. The molecule has 23 heavy (non-hydrogen) atoms. The van der Waals surface area contributed by atoms with Crippen molar-refractivity contribution in [2.45, 2.75) is 25.5 Å². The van der Waals surface area contributed by atoms with Crippen molar-refractivity contribution in [3.8, 4) is 11.3 Å². The van der Waals surface area contributed by atoms with Crippen LogP contribution in [0.15, 0.2) is 42.5 Å². The van der Waals surface area contributed by atoms with Gasteiger partial charge in [0, 0.05) is 11.6 Å². The number of aromatic nitrogens is 3. The molecule has 3 aromatic rings. The van der Waals surface area contributed by atoms with Gasteiger partial charge >= 0.3 is 0 Å². The number of rotatable bonds is 5. The van der Waals surface area contributed by atoms with Gasteiger partial charge in [0.2, 0.25) is 6.41 Å². The number of aliphatic hydroxyl groups excluding tert-OH is 1. The fourth-order valence-corrected chi connectivity index (χ4v) is 2.65. The van der Waals surface area contributed by atoms with Gasteiger partial charge in [0.1, 0.15) is 0 Å². The second-order valence-corrected chi connectivity index (χ2v) is 5.69. The van der Waals surface area contributed by atoms with Crippen molar-refractivity contribution in [1.82, 2.24) is 14.6 Å². The van der Waals surface area contributed by atoms with Gasteiger partial charge in [-0.05, 0) is 30.5 Å². The van der Waals surface area contributed by atoms with E-state index in [2.05, 4.69) is 10.1 Å². The van der Waals surface area contributed by atoms with Crippen molar-refractivity contribution < 1.29 is 9.90 Å². The maximum atomic E-state index is 11.3. The van der Waals surface area contributed by atoms with Crippen molar-refractivity contribution in [2.24, 2.45) is 0 Å². The number of fused-ring (bicyclic) bond motifs is 1. The second-order valence-electron chi connectivity index (χ2n) is 5.69. The van der Waals surface area contributed by atoms with Gasteiger partial charge in [0.25, 0.3) is 5.95 Å². The normalized spacial score (nSPS) is 14.1. The van der Waals surface area contributed by atoms with Crippen molar-refractivity contribution in [1.29, 1.82) is 0 Å². The van der Waals surface area contributed by atoms with Gasteiger partial charge in [-0.1, -0.05) is 30.3 Å². The molecule has 0 spiro atoms. The molecule has 1 amide bonds. The average Bonchev–Trinajstić information content (AvgIpc) is 3.33. The Morgan fingerprint density at radius 1 is 1.22 bits per heavy atom. The molecule has 1 aromatic carbocycles. The second kappa shape index (κ2) is 5.48. The summed E-state index contributed by atoms with van der Waals surface area (Å²) in [6.07, 6.45) is 2.82. The minimum atomic E-state index is 0.0215. The molecule has 1 fully saturated rings. The molecule has 0 saturated heterocycles. The molecule has 0 aliphatic heterocycles. The van der Waals surface area contributed by atoms with E-state index in [1.165, 1.54) is 0 Å². The van der Waals surface area contributed by atoms with Crippen LogP contribution >= 0.6 is 0 Å². The molecule has 4 rings (SSSR count). The van der Waals surface area contributed by atoms with E-state index in [9.17, 15) is 4.79 Å². The summed E-state index contributed by atoms with van der Waals surface area (Å²) in [7, 11) is 0. The lowest BCUT2D eigenvalue weighted by Crippen LogP contribution is -2.24. The van der Waals surface area contributed by atoms with E-state index in [-0.39, 0.29) is 12.6 Å². The summed E-state index contributed by atoms with van der Waals surface area (Å²) < 4.78 is 1.75. The number of carbonyl (C=O) groups is 1. The number of pyridine rings is 1. The number of aliphatic hydroxyl groups is 1. The van der Waals surface area contributed by atoms with Gasteiger partial charge in [-0.15, -0.1) is 5.10 Å². The van der Waals surface area contributed by atoms with Crippen LogP contribution in [0, 0.1) is 0 Å². The van der Waals surface area contributed by atoms with Crippen LogP contribution in [0.25, 0.3) is 16.9 Å². The highest BCUT2D eigenvalue weighted by atomic mass is 16.3. The first-order valence-corrected chi connectivity index (χ1v) is 7.60. The zero-order chi connectivity index (χ0) is 15.8. The Bertz CT molecular complexity index is 853. The molecule has 2 heterocycles. The molecule has 6 nitrogen and oxygen atoms in total. The van der Waals surface area contributed by atoms with Gasteiger partial charge in [-0.3, -0.25) is 9.69 Å². The van der Waals surface area contributed by atoms with E-state index >= 15 is 0 Å². The first kappa shape index (κ1) is 13.9. The van der Waals surface area contributed by atoms with Crippen LogP contribution in [-0.2, 0) is 11.4 Å². The van der Waals surface area contributed by atoms with Gasteiger partial charge in [0.05, 0.1) is 12.3 Å². The Hall–Kier alpha value is -2.73. The molecule has 1 N–H and O–H groups in total. The highest BCUT2D eigenvalue weighted by Gasteiger charge is 2.31. The van der Waals surface area contributed by atoms with E-state index in [1.807, 2.05) is 42.5 Å². The van der Waals surface area contributed by atoms with Crippen LogP contribution in [0.3, 0.4) is 0 Å². The molecular weight excluding hydrogens is 292 g/mol. The number of amides is 1. The van der Waals surface area contributed by atoms with Gasteiger partial charge in [-0.2, -0.15) is 4.98 Å². The molecule has 1 aliphatic carbocycles. The van der Waals surface area contributed by atoms with Gasteiger partial charge in [-0.25, -0.2) is 4.52 Å². The minimum Gasteiger partial charge on any atom is -0.392 e. The van der Waals surface area contributed by atoms with Crippen LogP contribution in [0.4, 0.5) is 5.95 Å². The van der Waals surface area contributed by atoms with Crippen LogP contribution < -0.4 is 4.90 Å². The highest BCUT2D eigenvalue weighted by molar-refractivity contribution is 5.74. The van der Waals surface area contributed by atoms with Crippen molar-refractivity contribution >= 4 is 18.0 Å². The van der Waals surface area contributed by atoms with Crippen molar-refractivity contribution in [3.63, 3.8) is 0 Å². The zero-order valence-corrected chi connectivity index (χ0v) is 12.5. The summed E-state index contributed by atoms with van der Waals surface area (Å²) in [6.45, 7) is 0.0215. The van der Waals surface area contributed by atoms with E-state index in [0.717, 1.165) is 36.1 Å². The Balaban J connectivity index is 1.80. The van der Waals surface area contributed by atoms with Crippen LogP contribution in [0.1, 0.15) is 18.4 Å². The summed E-state index contributed by atoms with van der Waals surface area (Å²) in [5.41, 5.74) is 3.44. The van der Waals surface area contributed by atoms with Gasteiger partial charge < -0.3 is 5.11 Å². The topological polar surface area (TPSA) is 70.7 Å². The van der Waals surface area contributed by atoms with E-state index in [1.54, 1.807) is 9.42 Å². The molecular formula is C17H16N4O2. The van der Waals surface area contributed by atoms with Crippen molar-refractivity contribution in [3.05, 3.63) is 48.0 Å². The predicted molar refractivity (Wildman–Crippen MR) is 85.9 cm³/mol. The number of hydrogen-bond acceptors (Lipinski definition) is 4. The number of anilines is 1. The molecule has 0 unspecified atom stereocenters. The lowest BCUT2D eigenvalue weighted by molar-refractivity contribution is -0.107. The van der Waals surface area contributed by atoms with Crippen LogP contribution in [-0.4, -0.2) is 32.2 Å². The van der Waals surface area contributed by atoms with E-state index in [0.29, 0.717) is 11.6 Å². The van der Waals surface area contributed by atoms with E-state index in [4.69, 9.17) is 5.11 Å². The lowest BCUT2D eigenvalue weighted by Gasteiger charge is -2.10. The first-order valence-electron chi connectivity index (χ1n) is 7.60. The summed E-state index contributed by atoms with van der Waals surface area (Å²) in [5.74, 6) is 0.446. The highest BCUT2D eigenvalue weighted by Crippen LogP contribution is 2.29. The number of hydrogen-bond donors (Lipinski definition) is 1. The lowest BCUT2D eigenvalue weighted by atomic mass is 10.1. The van der Waals surface area contributed by atoms with E-state index < -0.39 is 0 Å². The Morgan fingerprint density at radius 2 is 2.00 bits per heavy atom. The maximum absolute atomic E-state index is 11.3. The molecule has 1 aliphatic rings. The Morgan fingerprint density at radius 3 is 2.65 bits per heavy atom. The van der Waals surface area contributed by atoms with Crippen LogP contribution in [0.5, 0.6) is 0 Å². The van der Waals surface area contributed by atoms with Gasteiger partial charge in [0.15, 0.2) is 5.65 Å². The quantitative estimate of drug-likeness (QED) is 0.732. The fourth-order valence-electron chi connectivity index (χ4n) is 2.65. The summed E-state index contributed by atoms with van der Waals surface area (Å²) in [4.78, 5) is 17.4. The third kappa shape index (κ3) is 2.47. The third-order valence-electron chi connectivity index (χ3n) is 4.07. The smallest absolute Gasteiger partial charge is 0.252 e. The maximum Gasteiger partial charge on any atom is 0.252 e. The largest absolute Gasteiger partial charge is 0.392 e. The average molecular weight is 308 g/mol. The molecule has 2 aromatic heterocycles. The summed E-state index contributed by atoms with van der Waals surface area (Å²) >= 11 is 0. The predicted octanol–water partition coefficient (Wildman–Crippen LogP) is 2.01. The standard InChI is InChI=1S/C17H16N4O2/c22-10-12-4-6-13(7-5-12)15-2-1-3-16-18-17(19-21(15)16)20(11-23)14-8-9-14/h1-7,11,14,22H,8-10H2. The number of benzene rings is 1. The minimum absolute atomic E-state index is 0.0215. The monoisotopic (exact) mass is 308 g/mol. The summed E-state index contributed by atoms with van der Waals surface area (Å²) in [5, 5.41) is 13.7. The van der Waals surface area contributed by atoms with Crippen LogP contribution in [0.2, 0.25) is 0 Å². The Labute approximate surface area is 133 Å². The zero-order valence-electron chi connectivity index (χ0n) is 12.5. The summed E-state index contributed by atoms with van der Waals surface area (Å²) in [6, 6.07) is 13.6. The molecule has 116 valence electrons. The third-order valence-corrected chi connectivity index (χ3v) is 4.07. The number of carbonyl (C=O) groups excluding carboxylic acids is 1. The molecule has 0 radical (unpaired) electrons.